The van der Waals surface area contributed by atoms with Crippen molar-refractivity contribution in [3.63, 3.8) is 0 Å². The highest BCUT2D eigenvalue weighted by molar-refractivity contribution is 8.06. The Balaban J connectivity index is 1.62. The Bertz CT molecular complexity index is 201. The highest BCUT2D eigenvalue weighted by Gasteiger charge is 2.28. The summed E-state index contributed by atoms with van der Waals surface area (Å²) in [6.07, 6.45) is 5.69. The predicted molar refractivity (Wildman–Crippen MR) is 74.5 cm³/mol. The topological polar surface area (TPSA) is 32.3 Å². The number of hydrogen-bond acceptors (Lipinski definition) is 4. The maximum atomic E-state index is 10.3. The maximum absolute atomic E-state index is 10.3. The molecule has 1 aliphatic carbocycles. The lowest BCUT2D eigenvalue weighted by atomic mass is 9.85. The van der Waals surface area contributed by atoms with E-state index in [-0.39, 0.29) is 0 Å². The summed E-state index contributed by atoms with van der Waals surface area (Å²) in [4.78, 5) is 0. The van der Waals surface area contributed by atoms with Crippen molar-refractivity contribution in [3.05, 3.63) is 0 Å². The number of thioether (sulfide) groups is 2. The van der Waals surface area contributed by atoms with Crippen LogP contribution in [0.2, 0.25) is 0 Å². The van der Waals surface area contributed by atoms with Crippen LogP contribution in [0.3, 0.4) is 0 Å². The molecule has 0 aromatic heterocycles. The average molecular weight is 261 g/mol. The Morgan fingerprint density at radius 2 is 2.00 bits per heavy atom. The summed E-state index contributed by atoms with van der Waals surface area (Å²) in [5.41, 5.74) is -0.398. The zero-order chi connectivity index (χ0) is 11.3. The van der Waals surface area contributed by atoms with E-state index in [1.165, 1.54) is 36.5 Å². The Kier molecular flexibility index (Phi) is 5.33. The van der Waals surface area contributed by atoms with E-state index < -0.39 is 5.60 Å². The van der Waals surface area contributed by atoms with Gasteiger partial charge in [-0.25, -0.2) is 0 Å². The summed E-state index contributed by atoms with van der Waals surface area (Å²) in [5.74, 6) is 3.88. The van der Waals surface area contributed by atoms with E-state index in [1.807, 2.05) is 0 Å². The highest BCUT2D eigenvalue weighted by atomic mass is 32.2. The maximum Gasteiger partial charge on any atom is 0.0771 e. The first-order chi connectivity index (χ1) is 7.79. The van der Waals surface area contributed by atoms with E-state index in [9.17, 15) is 5.11 Å². The van der Waals surface area contributed by atoms with Crippen molar-refractivity contribution in [3.8, 4) is 0 Å². The zero-order valence-electron chi connectivity index (χ0n) is 9.91. The van der Waals surface area contributed by atoms with Gasteiger partial charge >= 0.3 is 0 Å². The molecule has 4 heteroatoms. The number of hydrogen-bond donors (Lipinski definition) is 2. The fourth-order valence-corrected chi connectivity index (χ4v) is 5.15. The lowest BCUT2D eigenvalue weighted by Gasteiger charge is -2.33. The van der Waals surface area contributed by atoms with Gasteiger partial charge in [-0.1, -0.05) is 19.3 Å². The molecule has 2 rings (SSSR count). The van der Waals surface area contributed by atoms with E-state index in [0.717, 1.165) is 31.2 Å². The fraction of sp³-hybridized carbons (Fsp3) is 1.00. The van der Waals surface area contributed by atoms with Crippen molar-refractivity contribution in [1.29, 1.82) is 0 Å². The van der Waals surface area contributed by atoms with Gasteiger partial charge < -0.3 is 10.4 Å². The second kappa shape index (κ2) is 6.53. The molecule has 1 heterocycles. The van der Waals surface area contributed by atoms with Crippen LogP contribution in [-0.4, -0.2) is 46.3 Å². The Morgan fingerprint density at radius 3 is 2.69 bits per heavy atom. The standard InChI is InChI=1S/C12H23NOS2/c14-12(4-2-1-3-5-12)10-13-8-11-9-15-6-7-16-11/h11,13-14H,1-10H2. The molecule has 2 N–H and O–H groups in total. The van der Waals surface area contributed by atoms with Crippen LogP contribution in [0, 0.1) is 0 Å². The number of rotatable bonds is 4. The summed E-state index contributed by atoms with van der Waals surface area (Å²) in [6.45, 7) is 1.87. The van der Waals surface area contributed by atoms with Crippen molar-refractivity contribution < 1.29 is 5.11 Å². The highest BCUT2D eigenvalue weighted by Crippen LogP contribution is 2.28. The summed E-state index contributed by atoms with van der Waals surface area (Å²) in [6, 6.07) is 0. The van der Waals surface area contributed by atoms with Crippen LogP contribution in [-0.2, 0) is 0 Å². The molecule has 16 heavy (non-hydrogen) atoms. The van der Waals surface area contributed by atoms with E-state index in [1.54, 1.807) is 0 Å². The van der Waals surface area contributed by atoms with Crippen LogP contribution in [0.1, 0.15) is 32.1 Å². The molecule has 1 unspecified atom stereocenters. The van der Waals surface area contributed by atoms with Crippen LogP contribution in [0.4, 0.5) is 0 Å². The van der Waals surface area contributed by atoms with Gasteiger partial charge in [0.15, 0.2) is 0 Å². The molecule has 0 radical (unpaired) electrons. The summed E-state index contributed by atoms with van der Waals surface area (Å²) >= 11 is 4.15. The van der Waals surface area contributed by atoms with Crippen LogP contribution in [0.5, 0.6) is 0 Å². The largest absolute Gasteiger partial charge is 0.389 e. The molecule has 1 atom stereocenters. The summed E-state index contributed by atoms with van der Waals surface area (Å²) in [7, 11) is 0. The second-order valence-electron chi connectivity index (χ2n) is 4.98. The average Bonchev–Trinajstić information content (AvgIpc) is 2.31. The SMILES string of the molecule is OC1(CNCC2CSCCS2)CCCCC1. The van der Waals surface area contributed by atoms with Crippen molar-refractivity contribution in [2.24, 2.45) is 0 Å². The molecule has 0 aromatic rings. The van der Waals surface area contributed by atoms with Gasteiger partial charge in [0, 0.05) is 35.6 Å². The van der Waals surface area contributed by atoms with Gasteiger partial charge in [-0.15, -0.1) is 0 Å². The molecule has 94 valence electrons. The quantitative estimate of drug-likeness (QED) is 0.812. The molecule has 0 spiro atoms. The van der Waals surface area contributed by atoms with Gasteiger partial charge in [0.25, 0.3) is 0 Å². The second-order valence-corrected chi connectivity index (χ2v) is 7.54. The van der Waals surface area contributed by atoms with Gasteiger partial charge in [-0.05, 0) is 12.8 Å². The lowest BCUT2D eigenvalue weighted by Crippen LogP contribution is -2.44. The molecule has 0 bridgehead atoms. The molecule has 0 aromatic carbocycles. The van der Waals surface area contributed by atoms with E-state index in [2.05, 4.69) is 28.8 Å². The Labute approximate surface area is 107 Å². The molecule has 2 aliphatic rings. The van der Waals surface area contributed by atoms with Gasteiger partial charge in [0.1, 0.15) is 0 Å². The lowest BCUT2D eigenvalue weighted by molar-refractivity contribution is 0.00522. The van der Waals surface area contributed by atoms with Crippen LogP contribution < -0.4 is 5.32 Å². The number of aliphatic hydroxyl groups is 1. The third kappa shape index (κ3) is 4.13. The van der Waals surface area contributed by atoms with Crippen molar-refractivity contribution in [2.75, 3.05) is 30.3 Å². The molecule has 1 saturated carbocycles. The Hall–Kier alpha value is 0.620. The molecule has 2 nitrogen and oxygen atoms in total. The fourth-order valence-electron chi connectivity index (χ4n) is 2.51. The summed E-state index contributed by atoms with van der Waals surface area (Å²) in [5, 5.41) is 14.6. The first-order valence-electron chi connectivity index (χ1n) is 6.41. The van der Waals surface area contributed by atoms with Crippen LogP contribution in [0.25, 0.3) is 0 Å². The van der Waals surface area contributed by atoms with Crippen LogP contribution >= 0.6 is 23.5 Å². The van der Waals surface area contributed by atoms with Gasteiger partial charge in [-0.3, -0.25) is 0 Å². The monoisotopic (exact) mass is 261 g/mol. The van der Waals surface area contributed by atoms with Gasteiger partial charge in [0.2, 0.25) is 0 Å². The number of nitrogens with one attached hydrogen (secondary N) is 1. The molecular weight excluding hydrogens is 238 g/mol. The molecule has 1 aliphatic heterocycles. The van der Waals surface area contributed by atoms with E-state index in [4.69, 9.17) is 0 Å². The first kappa shape index (κ1) is 13.1. The first-order valence-corrected chi connectivity index (χ1v) is 8.61. The smallest absolute Gasteiger partial charge is 0.0771 e. The predicted octanol–water partition coefficient (Wildman–Crippen LogP) is 2.12. The van der Waals surface area contributed by atoms with E-state index in [0.29, 0.717) is 0 Å². The van der Waals surface area contributed by atoms with Crippen LogP contribution in [0.15, 0.2) is 0 Å². The molecule has 1 saturated heterocycles. The van der Waals surface area contributed by atoms with E-state index >= 15 is 0 Å². The third-order valence-corrected chi connectivity index (χ3v) is 6.34. The minimum absolute atomic E-state index is 0.398. The van der Waals surface area contributed by atoms with Gasteiger partial charge in [0.05, 0.1) is 5.60 Å². The molecular formula is C12H23NOS2. The minimum Gasteiger partial charge on any atom is -0.389 e. The minimum atomic E-state index is -0.398. The molecule has 0 amide bonds. The normalized spacial score (nSPS) is 30.2. The zero-order valence-corrected chi connectivity index (χ0v) is 11.5. The van der Waals surface area contributed by atoms with Gasteiger partial charge in [-0.2, -0.15) is 23.5 Å². The Morgan fingerprint density at radius 1 is 1.19 bits per heavy atom. The van der Waals surface area contributed by atoms with Crippen molar-refractivity contribution >= 4 is 23.5 Å². The molecule has 2 fully saturated rings. The van der Waals surface area contributed by atoms with Crippen molar-refractivity contribution in [2.45, 2.75) is 43.0 Å². The summed E-state index contributed by atoms with van der Waals surface area (Å²) < 4.78 is 0. The van der Waals surface area contributed by atoms with Crippen molar-refractivity contribution in [1.82, 2.24) is 5.32 Å². The third-order valence-electron chi connectivity index (χ3n) is 3.50.